The lowest BCUT2D eigenvalue weighted by atomic mass is 10.1. The molecule has 1 fully saturated rings. The third-order valence-electron chi connectivity index (χ3n) is 5.48. The van der Waals surface area contributed by atoms with Gasteiger partial charge in [-0.05, 0) is 60.2 Å². The van der Waals surface area contributed by atoms with Crippen LogP contribution >= 0.6 is 0 Å². The van der Waals surface area contributed by atoms with Crippen LogP contribution in [0, 0.1) is 5.92 Å². The highest BCUT2D eigenvalue weighted by molar-refractivity contribution is 7.88. The number of nitrogens with two attached hydrogens (primary N) is 1. The first kappa shape index (κ1) is 19.6. The van der Waals surface area contributed by atoms with Gasteiger partial charge in [0.15, 0.2) is 0 Å². The maximum absolute atomic E-state index is 12.6. The second-order valence-electron chi connectivity index (χ2n) is 7.71. The number of benzene rings is 2. The Hall–Kier alpha value is -2.71. The number of primary sulfonamides is 1. The van der Waals surface area contributed by atoms with Crippen molar-refractivity contribution in [3.63, 3.8) is 0 Å². The van der Waals surface area contributed by atoms with E-state index in [0.717, 1.165) is 24.9 Å². The number of nitrogens with zero attached hydrogens (tertiary/aromatic N) is 1. The second-order valence-corrected chi connectivity index (χ2v) is 9.32. The van der Waals surface area contributed by atoms with E-state index in [1.807, 2.05) is 6.07 Å². The van der Waals surface area contributed by atoms with E-state index in [1.54, 1.807) is 29.2 Å². The zero-order chi connectivity index (χ0) is 20.6. The first-order valence-corrected chi connectivity index (χ1v) is 11.3. The lowest BCUT2D eigenvalue weighted by Crippen LogP contribution is -2.28. The van der Waals surface area contributed by atoms with Crippen LogP contribution in [0.2, 0.25) is 0 Å². The Kier molecular flexibility index (Phi) is 5.14. The van der Waals surface area contributed by atoms with E-state index in [9.17, 15) is 18.0 Å². The molecule has 152 valence electrons. The van der Waals surface area contributed by atoms with Crippen LogP contribution in [-0.4, -0.2) is 26.8 Å². The van der Waals surface area contributed by atoms with Crippen LogP contribution in [0.3, 0.4) is 0 Å². The number of carbonyl (C=O) groups excluding carboxylic acids is 2. The molecule has 29 heavy (non-hydrogen) atoms. The van der Waals surface area contributed by atoms with Gasteiger partial charge in [0.05, 0.1) is 11.7 Å². The highest BCUT2D eigenvalue weighted by atomic mass is 32.2. The predicted molar refractivity (Wildman–Crippen MR) is 111 cm³/mol. The first-order valence-electron chi connectivity index (χ1n) is 9.61. The smallest absolute Gasteiger partial charge is 0.229 e. The average molecular weight is 413 g/mol. The summed E-state index contributed by atoms with van der Waals surface area (Å²) in [6, 6.07) is 12.6. The quantitative estimate of drug-likeness (QED) is 0.781. The lowest BCUT2D eigenvalue weighted by molar-refractivity contribution is -0.122. The summed E-state index contributed by atoms with van der Waals surface area (Å²) in [6.07, 6.45) is 3.45. The zero-order valence-electron chi connectivity index (χ0n) is 15.9. The Balaban J connectivity index is 1.40. The molecule has 2 aromatic carbocycles. The van der Waals surface area contributed by atoms with Crippen LogP contribution < -0.4 is 15.4 Å². The number of rotatable bonds is 5. The molecule has 0 bridgehead atoms. The Morgan fingerprint density at radius 2 is 1.83 bits per heavy atom. The molecule has 1 saturated heterocycles. The Morgan fingerprint density at radius 1 is 1.10 bits per heavy atom. The summed E-state index contributed by atoms with van der Waals surface area (Å²) in [6.45, 7) is 0.354. The van der Waals surface area contributed by atoms with Crippen molar-refractivity contribution >= 4 is 33.2 Å². The van der Waals surface area contributed by atoms with Gasteiger partial charge in [-0.15, -0.1) is 0 Å². The van der Waals surface area contributed by atoms with Gasteiger partial charge >= 0.3 is 0 Å². The topological polar surface area (TPSA) is 110 Å². The number of amides is 2. The molecule has 0 radical (unpaired) electrons. The molecule has 8 heteroatoms. The number of carbonyl (C=O) groups is 2. The van der Waals surface area contributed by atoms with Gasteiger partial charge in [0, 0.05) is 24.3 Å². The van der Waals surface area contributed by atoms with Gasteiger partial charge in [-0.25, -0.2) is 13.6 Å². The first-order chi connectivity index (χ1) is 13.8. The van der Waals surface area contributed by atoms with E-state index in [0.29, 0.717) is 17.8 Å². The van der Waals surface area contributed by atoms with Gasteiger partial charge in [0.2, 0.25) is 21.8 Å². The molecule has 0 spiro atoms. The van der Waals surface area contributed by atoms with Crippen LogP contribution in [0.1, 0.15) is 29.5 Å². The number of nitrogens with one attached hydrogen (secondary N) is 1. The molecular formula is C21H23N3O4S. The second kappa shape index (κ2) is 7.61. The van der Waals surface area contributed by atoms with Crippen LogP contribution in [0.4, 0.5) is 11.4 Å². The van der Waals surface area contributed by atoms with Gasteiger partial charge in [0.25, 0.3) is 0 Å². The van der Waals surface area contributed by atoms with E-state index in [2.05, 4.69) is 17.4 Å². The van der Waals surface area contributed by atoms with Crippen molar-refractivity contribution in [3.8, 4) is 0 Å². The molecule has 1 aliphatic heterocycles. The van der Waals surface area contributed by atoms with Crippen LogP contribution in [-0.2, 0) is 38.2 Å². The standard InChI is InChI=1S/C21H23N3O4S/c22-29(27,28)13-14-4-7-18(8-5-14)23-21(26)17-11-20(25)24(12-17)19-9-6-15-2-1-3-16(15)10-19/h4-10,17H,1-3,11-13H2,(H,23,26)(H2,22,27,28). The summed E-state index contributed by atoms with van der Waals surface area (Å²) in [4.78, 5) is 26.8. The lowest BCUT2D eigenvalue weighted by Gasteiger charge is -2.18. The Morgan fingerprint density at radius 3 is 2.55 bits per heavy atom. The number of anilines is 2. The van der Waals surface area contributed by atoms with E-state index in [4.69, 9.17) is 5.14 Å². The van der Waals surface area contributed by atoms with E-state index >= 15 is 0 Å². The normalized spacial score (nSPS) is 18.7. The third kappa shape index (κ3) is 4.49. The highest BCUT2D eigenvalue weighted by Gasteiger charge is 2.35. The predicted octanol–water partition coefficient (Wildman–Crippen LogP) is 1.96. The van der Waals surface area contributed by atoms with Crippen molar-refractivity contribution in [2.24, 2.45) is 11.1 Å². The molecule has 7 nitrogen and oxygen atoms in total. The molecule has 0 saturated carbocycles. The summed E-state index contributed by atoms with van der Waals surface area (Å²) in [7, 11) is -3.60. The summed E-state index contributed by atoms with van der Waals surface area (Å²) in [5.74, 6) is -0.957. The largest absolute Gasteiger partial charge is 0.326 e. The molecule has 3 N–H and O–H groups in total. The van der Waals surface area contributed by atoms with Gasteiger partial charge in [-0.1, -0.05) is 18.2 Å². The number of hydrogen-bond donors (Lipinski definition) is 2. The number of sulfonamides is 1. The van der Waals surface area contributed by atoms with Gasteiger partial charge < -0.3 is 10.2 Å². The zero-order valence-corrected chi connectivity index (χ0v) is 16.7. The van der Waals surface area contributed by atoms with Crippen molar-refractivity contribution in [3.05, 3.63) is 59.2 Å². The van der Waals surface area contributed by atoms with E-state index < -0.39 is 15.9 Å². The van der Waals surface area contributed by atoms with Crippen molar-refractivity contribution in [1.82, 2.24) is 0 Å². The van der Waals surface area contributed by atoms with Crippen LogP contribution in [0.25, 0.3) is 0 Å². The molecule has 4 rings (SSSR count). The number of aryl methyl sites for hydroxylation is 2. The monoisotopic (exact) mass is 413 g/mol. The summed E-state index contributed by atoms with van der Waals surface area (Å²) in [5, 5.41) is 7.85. The highest BCUT2D eigenvalue weighted by Crippen LogP contribution is 2.31. The molecular weight excluding hydrogens is 390 g/mol. The van der Waals surface area contributed by atoms with E-state index in [-0.39, 0.29) is 24.0 Å². The molecule has 1 aliphatic carbocycles. The van der Waals surface area contributed by atoms with Crippen LogP contribution in [0.5, 0.6) is 0 Å². The molecule has 2 aliphatic rings. The maximum Gasteiger partial charge on any atom is 0.229 e. The minimum Gasteiger partial charge on any atom is -0.326 e. The molecule has 0 aromatic heterocycles. The molecule has 1 heterocycles. The minimum atomic E-state index is -3.60. The summed E-state index contributed by atoms with van der Waals surface area (Å²) >= 11 is 0. The fraction of sp³-hybridized carbons (Fsp3) is 0.333. The fourth-order valence-electron chi connectivity index (χ4n) is 4.02. The SMILES string of the molecule is NS(=O)(=O)Cc1ccc(NC(=O)C2CC(=O)N(c3ccc4c(c3)CCC4)C2)cc1. The fourth-order valence-corrected chi connectivity index (χ4v) is 4.68. The molecule has 1 unspecified atom stereocenters. The van der Waals surface area contributed by atoms with Gasteiger partial charge in [-0.3, -0.25) is 9.59 Å². The number of hydrogen-bond acceptors (Lipinski definition) is 4. The third-order valence-corrected chi connectivity index (χ3v) is 6.21. The average Bonchev–Trinajstić information content (AvgIpc) is 3.27. The van der Waals surface area contributed by atoms with Crippen molar-refractivity contribution < 1.29 is 18.0 Å². The summed E-state index contributed by atoms with van der Waals surface area (Å²) in [5.41, 5.74) is 4.60. The van der Waals surface area contributed by atoms with Crippen molar-refractivity contribution in [2.45, 2.75) is 31.4 Å². The van der Waals surface area contributed by atoms with E-state index in [1.165, 1.54) is 11.1 Å². The van der Waals surface area contributed by atoms with Crippen molar-refractivity contribution in [1.29, 1.82) is 0 Å². The Bertz CT molecular complexity index is 1060. The summed E-state index contributed by atoms with van der Waals surface area (Å²) < 4.78 is 22.3. The Labute approximate surface area is 169 Å². The molecule has 2 aromatic rings. The van der Waals surface area contributed by atoms with Crippen LogP contribution in [0.15, 0.2) is 42.5 Å². The molecule has 2 amide bonds. The maximum atomic E-state index is 12.6. The number of fused-ring (bicyclic) bond motifs is 1. The van der Waals surface area contributed by atoms with Gasteiger partial charge in [0.1, 0.15) is 0 Å². The minimum absolute atomic E-state index is 0.0494. The molecule has 1 atom stereocenters. The van der Waals surface area contributed by atoms with Crippen molar-refractivity contribution in [2.75, 3.05) is 16.8 Å². The van der Waals surface area contributed by atoms with Gasteiger partial charge in [-0.2, -0.15) is 0 Å².